The average molecular weight is 368 g/mol. The molecule has 1 atom stereocenters. The molecule has 0 radical (unpaired) electrons. The number of ether oxygens (including phenoxy) is 1. The quantitative estimate of drug-likeness (QED) is 0.712. The lowest BCUT2D eigenvalue weighted by Gasteiger charge is -2.21. The van der Waals surface area contributed by atoms with Gasteiger partial charge in [0.25, 0.3) is 0 Å². The predicted octanol–water partition coefficient (Wildman–Crippen LogP) is 2.35. The highest BCUT2D eigenvalue weighted by molar-refractivity contribution is 5.69. The predicted molar refractivity (Wildman–Crippen MR) is 99.0 cm³/mol. The number of amides is 1. The van der Waals surface area contributed by atoms with Gasteiger partial charge >= 0.3 is 6.09 Å². The van der Waals surface area contributed by atoms with Crippen LogP contribution < -0.4 is 10.1 Å². The second-order valence-electron chi connectivity index (χ2n) is 6.36. The van der Waals surface area contributed by atoms with Crippen LogP contribution >= 0.6 is 0 Å². The summed E-state index contributed by atoms with van der Waals surface area (Å²) in [5, 5.41) is 17.1. The first-order valence-electron chi connectivity index (χ1n) is 8.74. The van der Waals surface area contributed by atoms with Gasteiger partial charge in [-0.3, -0.25) is 4.98 Å². The van der Waals surface area contributed by atoms with Crippen LogP contribution in [0.15, 0.2) is 36.8 Å². The fourth-order valence-electron chi connectivity index (χ4n) is 3.43. The summed E-state index contributed by atoms with van der Waals surface area (Å²) in [5.74, 6) is 1.30. The number of likely N-dealkylation sites (tertiary alicyclic amines) is 1. The Kier molecular flexibility index (Phi) is 4.49. The summed E-state index contributed by atoms with van der Waals surface area (Å²) < 4.78 is 7.13. The van der Waals surface area contributed by atoms with Crippen LogP contribution in [-0.4, -0.2) is 61.9 Å². The third-order valence-corrected chi connectivity index (χ3v) is 4.78. The van der Waals surface area contributed by atoms with E-state index in [0.717, 1.165) is 24.1 Å². The van der Waals surface area contributed by atoms with E-state index in [4.69, 9.17) is 4.74 Å². The van der Waals surface area contributed by atoms with Gasteiger partial charge in [0.15, 0.2) is 5.65 Å². The second-order valence-corrected chi connectivity index (χ2v) is 6.36. The van der Waals surface area contributed by atoms with E-state index in [1.807, 2.05) is 18.2 Å². The van der Waals surface area contributed by atoms with Gasteiger partial charge < -0.3 is 20.1 Å². The fourth-order valence-corrected chi connectivity index (χ4v) is 3.43. The smallest absolute Gasteiger partial charge is 0.407 e. The third kappa shape index (κ3) is 3.23. The van der Waals surface area contributed by atoms with Crippen molar-refractivity contribution in [2.75, 3.05) is 25.5 Å². The Labute approximate surface area is 155 Å². The average Bonchev–Trinajstić information content (AvgIpc) is 3.33. The molecule has 3 aromatic heterocycles. The van der Waals surface area contributed by atoms with Gasteiger partial charge in [0, 0.05) is 24.8 Å². The molecule has 0 spiro atoms. The van der Waals surface area contributed by atoms with Crippen molar-refractivity contribution in [2.45, 2.75) is 18.9 Å². The maximum atomic E-state index is 11.3. The first-order valence-corrected chi connectivity index (χ1v) is 8.74. The molecule has 3 aromatic rings. The Morgan fingerprint density at radius 1 is 1.37 bits per heavy atom. The highest BCUT2D eigenvalue weighted by Gasteiger charge is 2.28. The van der Waals surface area contributed by atoms with Crippen LogP contribution in [0.5, 0.6) is 5.75 Å². The molecule has 4 rings (SSSR count). The zero-order valence-electron chi connectivity index (χ0n) is 14.9. The number of imidazole rings is 1. The number of aromatic nitrogens is 4. The van der Waals surface area contributed by atoms with Gasteiger partial charge in [-0.2, -0.15) is 0 Å². The Bertz CT molecular complexity index is 973. The molecule has 1 amide bonds. The molecular weight excluding hydrogens is 348 g/mol. The van der Waals surface area contributed by atoms with E-state index in [1.54, 1.807) is 30.2 Å². The van der Waals surface area contributed by atoms with Crippen LogP contribution in [0.3, 0.4) is 0 Å². The van der Waals surface area contributed by atoms with Crippen molar-refractivity contribution >= 4 is 17.6 Å². The van der Waals surface area contributed by atoms with Crippen molar-refractivity contribution < 1.29 is 14.6 Å². The van der Waals surface area contributed by atoms with Crippen molar-refractivity contribution in [1.82, 2.24) is 24.5 Å². The molecule has 0 aliphatic carbocycles. The van der Waals surface area contributed by atoms with E-state index >= 15 is 0 Å². The molecule has 27 heavy (non-hydrogen) atoms. The van der Waals surface area contributed by atoms with Gasteiger partial charge in [-0.15, -0.1) is 5.10 Å². The molecule has 1 aliphatic heterocycles. The summed E-state index contributed by atoms with van der Waals surface area (Å²) in [6.45, 7) is 1.11. The molecule has 0 aromatic carbocycles. The lowest BCUT2D eigenvalue weighted by Crippen LogP contribution is -2.38. The molecule has 1 aliphatic rings. The highest BCUT2D eigenvalue weighted by atomic mass is 16.5. The van der Waals surface area contributed by atoms with Crippen molar-refractivity contribution in [3.05, 3.63) is 36.8 Å². The highest BCUT2D eigenvalue weighted by Crippen LogP contribution is 2.29. The molecule has 140 valence electrons. The van der Waals surface area contributed by atoms with Crippen LogP contribution in [0.25, 0.3) is 16.9 Å². The molecule has 4 heterocycles. The SMILES string of the molecule is COc1cnccc1-c1cnc2ccc(NCC3CCCN3C(=O)O)nn12. The van der Waals surface area contributed by atoms with Crippen molar-refractivity contribution in [3.8, 4) is 17.0 Å². The number of carboxylic acid groups (broad SMARTS) is 1. The minimum Gasteiger partial charge on any atom is -0.494 e. The Morgan fingerprint density at radius 2 is 2.26 bits per heavy atom. The normalized spacial score (nSPS) is 16.6. The van der Waals surface area contributed by atoms with E-state index in [2.05, 4.69) is 20.4 Å². The Morgan fingerprint density at radius 3 is 3.07 bits per heavy atom. The molecule has 1 fully saturated rings. The standard InChI is InChI=1S/C18H20N6O3/c1-27-15-11-19-7-6-13(15)14-10-21-17-5-4-16(22-24(14)17)20-9-12-3-2-8-23(12)18(25)26/h4-7,10-12H,2-3,8-9H2,1H3,(H,20,22)(H,25,26). The van der Waals surface area contributed by atoms with E-state index in [-0.39, 0.29) is 6.04 Å². The van der Waals surface area contributed by atoms with E-state index in [1.165, 1.54) is 4.90 Å². The molecule has 1 unspecified atom stereocenters. The number of rotatable bonds is 5. The van der Waals surface area contributed by atoms with Gasteiger partial charge in [-0.25, -0.2) is 14.3 Å². The Balaban J connectivity index is 1.60. The summed E-state index contributed by atoms with van der Waals surface area (Å²) >= 11 is 0. The number of pyridine rings is 1. The van der Waals surface area contributed by atoms with E-state index in [0.29, 0.717) is 30.3 Å². The molecule has 9 nitrogen and oxygen atoms in total. The van der Waals surface area contributed by atoms with Crippen molar-refractivity contribution in [2.24, 2.45) is 0 Å². The van der Waals surface area contributed by atoms with Crippen LogP contribution in [0.2, 0.25) is 0 Å². The summed E-state index contributed by atoms with van der Waals surface area (Å²) in [5.41, 5.74) is 2.35. The second kappa shape index (κ2) is 7.10. The number of methoxy groups -OCH3 is 1. The zero-order valence-corrected chi connectivity index (χ0v) is 14.9. The molecule has 9 heteroatoms. The molecule has 2 N–H and O–H groups in total. The van der Waals surface area contributed by atoms with Gasteiger partial charge in [0.05, 0.1) is 31.2 Å². The third-order valence-electron chi connectivity index (χ3n) is 4.78. The van der Waals surface area contributed by atoms with Crippen LogP contribution in [0, 0.1) is 0 Å². The lowest BCUT2D eigenvalue weighted by atomic mass is 10.2. The first kappa shape index (κ1) is 17.1. The van der Waals surface area contributed by atoms with Gasteiger partial charge in [0.1, 0.15) is 11.6 Å². The first-order chi connectivity index (χ1) is 13.2. The zero-order chi connectivity index (χ0) is 18.8. The summed E-state index contributed by atoms with van der Waals surface area (Å²) in [4.78, 5) is 21.2. The topological polar surface area (TPSA) is 105 Å². The summed E-state index contributed by atoms with van der Waals surface area (Å²) in [6, 6.07) is 5.53. The largest absolute Gasteiger partial charge is 0.494 e. The minimum absolute atomic E-state index is 0.0393. The molecular formula is C18H20N6O3. The fraction of sp³-hybridized carbons (Fsp3) is 0.333. The number of hydrogen-bond acceptors (Lipinski definition) is 6. The maximum Gasteiger partial charge on any atom is 0.407 e. The maximum absolute atomic E-state index is 11.3. The van der Waals surface area contributed by atoms with Crippen LogP contribution in [-0.2, 0) is 0 Å². The van der Waals surface area contributed by atoms with E-state index < -0.39 is 6.09 Å². The number of fused-ring (bicyclic) bond motifs is 1. The Hall–Kier alpha value is -3.36. The van der Waals surface area contributed by atoms with Gasteiger partial charge in [0.2, 0.25) is 0 Å². The molecule has 0 saturated carbocycles. The number of nitrogens with one attached hydrogen (secondary N) is 1. The minimum atomic E-state index is -0.871. The van der Waals surface area contributed by atoms with Crippen LogP contribution in [0.1, 0.15) is 12.8 Å². The number of anilines is 1. The lowest BCUT2D eigenvalue weighted by molar-refractivity contribution is 0.142. The van der Waals surface area contributed by atoms with Gasteiger partial charge in [-0.05, 0) is 31.0 Å². The molecule has 0 bridgehead atoms. The number of hydrogen-bond donors (Lipinski definition) is 2. The summed E-state index contributed by atoms with van der Waals surface area (Å²) in [6.07, 6.45) is 5.96. The van der Waals surface area contributed by atoms with Gasteiger partial charge in [-0.1, -0.05) is 0 Å². The number of nitrogens with zero attached hydrogens (tertiary/aromatic N) is 5. The molecule has 1 saturated heterocycles. The van der Waals surface area contributed by atoms with Crippen molar-refractivity contribution in [1.29, 1.82) is 0 Å². The van der Waals surface area contributed by atoms with E-state index in [9.17, 15) is 9.90 Å². The van der Waals surface area contributed by atoms with Crippen LogP contribution in [0.4, 0.5) is 10.6 Å². The number of carbonyl (C=O) groups is 1. The summed E-state index contributed by atoms with van der Waals surface area (Å²) in [7, 11) is 1.60. The monoisotopic (exact) mass is 368 g/mol. The van der Waals surface area contributed by atoms with Crippen molar-refractivity contribution in [3.63, 3.8) is 0 Å².